The van der Waals surface area contributed by atoms with Gasteiger partial charge in [-0.3, -0.25) is 4.79 Å². The average molecular weight is 301 g/mol. The molecule has 0 atom stereocenters. The Hall–Kier alpha value is -1.80. The largest absolute Gasteiger partial charge is 0.496 e. The molecular weight excluding hydrogens is 284 g/mol. The number of halogens is 1. The van der Waals surface area contributed by atoms with E-state index in [1.165, 1.54) is 24.0 Å². The summed E-state index contributed by atoms with van der Waals surface area (Å²) in [5.74, 6) is 0.518. The van der Waals surface area contributed by atoms with Crippen LogP contribution in [0, 0.1) is 0 Å². The molecule has 0 unspecified atom stereocenters. The predicted octanol–water partition coefficient (Wildman–Crippen LogP) is 4.46. The molecule has 0 saturated heterocycles. The fourth-order valence-electron chi connectivity index (χ4n) is 2.89. The molecule has 1 aliphatic rings. The summed E-state index contributed by atoms with van der Waals surface area (Å²) in [6, 6.07) is 11.1. The Labute approximate surface area is 129 Å². The second-order valence-corrected chi connectivity index (χ2v) is 5.80. The van der Waals surface area contributed by atoms with Crippen molar-refractivity contribution in [3.8, 4) is 5.75 Å². The minimum Gasteiger partial charge on any atom is -0.496 e. The Bertz CT molecular complexity index is 692. The number of hydrogen-bond donors (Lipinski definition) is 0. The maximum atomic E-state index is 12.7. The van der Waals surface area contributed by atoms with Crippen LogP contribution in [0.3, 0.4) is 0 Å². The van der Waals surface area contributed by atoms with E-state index < -0.39 is 0 Å². The summed E-state index contributed by atoms with van der Waals surface area (Å²) in [4.78, 5) is 12.7. The zero-order valence-electron chi connectivity index (χ0n) is 12.0. The van der Waals surface area contributed by atoms with Gasteiger partial charge in [-0.2, -0.15) is 0 Å². The van der Waals surface area contributed by atoms with Gasteiger partial charge in [0.1, 0.15) is 5.75 Å². The van der Waals surface area contributed by atoms with E-state index in [1.54, 1.807) is 25.3 Å². The lowest BCUT2D eigenvalue weighted by Crippen LogP contribution is -2.08. The number of rotatable bonds is 3. The standard InChI is InChI=1S/C18H17ClO2/c1-21-17-9-8-15(19)11-16(17)18(20)14-7-6-12-4-2-3-5-13(12)10-14/h6-11H,2-5H2,1H3. The summed E-state index contributed by atoms with van der Waals surface area (Å²) >= 11 is 6.01. The van der Waals surface area contributed by atoms with Gasteiger partial charge in [0, 0.05) is 10.6 Å². The summed E-state index contributed by atoms with van der Waals surface area (Å²) in [5, 5.41) is 0.539. The van der Waals surface area contributed by atoms with Crippen molar-refractivity contribution < 1.29 is 9.53 Å². The number of carbonyl (C=O) groups is 1. The van der Waals surface area contributed by atoms with Crippen molar-refractivity contribution in [2.24, 2.45) is 0 Å². The minimum absolute atomic E-state index is 0.0391. The van der Waals surface area contributed by atoms with Gasteiger partial charge in [-0.05, 0) is 61.1 Å². The molecule has 2 aromatic rings. The topological polar surface area (TPSA) is 26.3 Å². The van der Waals surface area contributed by atoms with Crippen molar-refractivity contribution in [3.63, 3.8) is 0 Å². The normalized spacial score (nSPS) is 13.6. The highest BCUT2D eigenvalue weighted by Gasteiger charge is 2.17. The molecule has 0 radical (unpaired) electrons. The van der Waals surface area contributed by atoms with Crippen LogP contribution in [0.2, 0.25) is 5.02 Å². The number of ketones is 1. The first-order valence-corrected chi connectivity index (χ1v) is 7.57. The smallest absolute Gasteiger partial charge is 0.196 e. The number of ether oxygens (including phenoxy) is 1. The highest BCUT2D eigenvalue weighted by molar-refractivity contribution is 6.31. The van der Waals surface area contributed by atoms with E-state index in [-0.39, 0.29) is 5.78 Å². The van der Waals surface area contributed by atoms with Gasteiger partial charge in [-0.25, -0.2) is 0 Å². The maximum absolute atomic E-state index is 12.7. The number of benzene rings is 2. The molecule has 0 fully saturated rings. The van der Waals surface area contributed by atoms with E-state index in [9.17, 15) is 4.79 Å². The third kappa shape index (κ3) is 2.81. The van der Waals surface area contributed by atoms with Crippen molar-refractivity contribution in [2.45, 2.75) is 25.7 Å². The first-order valence-electron chi connectivity index (χ1n) is 7.19. The second kappa shape index (κ2) is 5.90. The molecule has 0 saturated carbocycles. The van der Waals surface area contributed by atoms with Crippen LogP contribution in [0.4, 0.5) is 0 Å². The Kier molecular flexibility index (Phi) is 3.98. The van der Waals surface area contributed by atoms with Crippen LogP contribution in [-0.4, -0.2) is 12.9 Å². The lowest BCUT2D eigenvalue weighted by molar-refractivity contribution is 0.103. The molecule has 0 spiro atoms. The zero-order chi connectivity index (χ0) is 14.8. The highest BCUT2D eigenvalue weighted by Crippen LogP contribution is 2.27. The summed E-state index contributed by atoms with van der Waals surface area (Å²) in [6.45, 7) is 0. The Morgan fingerprint density at radius 3 is 2.57 bits per heavy atom. The second-order valence-electron chi connectivity index (χ2n) is 5.36. The number of carbonyl (C=O) groups excluding carboxylic acids is 1. The molecule has 3 rings (SSSR count). The van der Waals surface area contributed by atoms with Crippen LogP contribution in [0.5, 0.6) is 5.75 Å². The number of aryl methyl sites for hydroxylation is 2. The molecule has 2 aromatic carbocycles. The molecule has 2 nitrogen and oxygen atoms in total. The van der Waals surface area contributed by atoms with Crippen molar-refractivity contribution in [1.82, 2.24) is 0 Å². The number of hydrogen-bond acceptors (Lipinski definition) is 2. The first-order chi connectivity index (χ1) is 10.2. The lowest BCUT2D eigenvalue weighted by Gasteiger charge is -2.16. The third-order valence-electron chi connectivity index (χ3n) is 4.02. The summed E-state index contributed by atoms with van der Waals surface area (Å²) in [5.41, 5.74) is 3.89. The van der Waals surface area contributed by atoms with Gasteiger partial charge in [-0.15, -0.1) is 0 Å². The van der Waals surface area contributed by atoms with E-state index in [4.69, 9.17) is 16.3 Å². The quantitative estimate of drug-likeness (QED) is 0.782. The molecule has 108 valence electrons. The third-order valence-corrected chi connectivity index (χ3v) is 4.25. The van der Waals surface area contributed by atoms with Crippen molar-refractivity contribution in [2.75, 3.05) is 7.11 Å². The maximum Gasteiger partial charge on any atom is 0.196 e. The fourth-order valence-corrected chi connectivity index (χ4v) is 3.06. The van der Waals surface area contributed by atoms with E-state index in [1.807, 2.05) is 12.1 Å². The molecule has 21 heavy (non-hydrogen) atoms. The summed E-state index contributed by atoms with van der Waals surface area (Å²) < 4.78 is 5.28. The van der Waals surface area contributed by atoms with Gasteiger partial charge in [0.25, 0.3) is 0 Å². The molecule has 1 aliphatic carbocycles. The van der Waals surface area contributed by atoms with Gasteiger partial charge in [-0.1, -0.05) is 23.7 Å². The van der Waals surface area contributed by atoms with Crippen LogP contribution in [0.25, 0.3) is 0 Å². The Balaban J connectivity index is 2.00. The van der Waals surface area contributed by atoms with Gasteiger partial charge in [0.2, 0.25) is 0 Å². The van der Waals surface area contributed by atoms with Gasteiger partial charge >= 0.3 is 0 Å². The van der Waals surface area contributed by atoms with Gasteiger partial charge < -0.3 is 4.74 Å². The highest BCUT2D eigenvalue weighted by atomic mass is 35.5. The van der Waals surface area contributed by atoms with Crippen LogP contribution >= 0.6 is 11.6 Å². The Morgan fingerprint density at radius 2 is 1.81 bits per heavy atom. The summed E-state index contributed by atoms with van der Waals surface area (Å²) in [6.07, 6.45) is 4.61. The summed E-state index contributed by atoms with van der Waals surface area (Å²) in [7, 11) is 1.56. The predicted molar refractivity (Wildman–Crippen MR) is 84.5 cm³/mol. The SMILES string of the molecule is COc1ccc(Cl)cc1C(=O)c1ccc2c(c1)CCCC2. The van der Waals surface area contributed by atoms with Crippen molar-refractivity contribution in [1.29, 1.82) is 0 Å². The van der Waals surface area contributed by atoms with Crippen LogP contribution in [0.15, 0.2) is 36.4 Å². The average Bonchev–Trinajstić information content (AvgIpc) is 2.53. The van der Waals surface area contributed by atoms with E-state index in [0.29, 0.717) is 21.9 Å². The van der Waals surface area contributed by atoms with E-state index >= 15 is 0 Å². The molecule has 0 bridgehead atoms. The molecule has 0 amide bonds. The number of fused-ring (bicyclic) bond motifs is 1. The van der Waals surface area contributed by atoms with Crippen LogP contribution in [-0.2, 0) is 12.8 Å². The van der Waals surface area contributed by atoms with E-state index in [0.717, 1.165) is 12.8 Å². The minimum atomic E-state index is -0.0391. The Morgan fingerprint density at radius 1 is 1.05 bits per heavy atom. The molecule has 0 N–H and O–H groups in total. The van der Waals surface area contributed by atoms with Crippen LogP contribution in [0.1, 0.15) is 39.9 Å². The molecule has 3 heteroatoms. The molecular formula is C18H17ClO2. The lowest BCUT2D eigenvalue weighted by atomic mass is 9.89. The van der Waals surface area contributed by atoms with Crippen LogP contribution < -0.4 is 4.74 Å². The molecule has 0 aromatic heterocycles. The van der Waals surface area contributed by atoms with Crippen molar-refractivity contribution in [3.05, 3.63) is 63.7 Å². The fraction of sp³-hybridized carbons (Fsp3) is 0.278. The van der Waals surface area contributed by atoms with E-state index in [2.05, 4.69) is 6.07 Å². The van der Waals surface area contributed by atoms with Gasteiger partial charge in [0.15, 0.2) is 5.78 Å². The molecule has 0 aliphatic heterocycles. The first kappa shape index (κ1) is 14.2. The monoisotopic (exact) mass is 300 g/mol. The van der Waals surface area contributed by atoms with Crippen molar-refractivity contribution >= 4 is 17.4 Å². The van der Waals surface area contributed by atoms with Gasteiger partial charge in [0.05, 0.1) is 12.7 Å². The molecule has 0 heterocycles. The number of methoxy groups -OCH3 is 1. The zero-order valence-corrected chi connectivity index (χ0v) is 12.7.